The molecule has 6 heteroatoms. The number of nitrogens with one attached hydrogen (secondary N) is 1. The summed E-state index contributed by atoms with van der Waals surface area (Å²) in [6.45, 7) is 0.332. The number of nitrogens with two attached hydrogens (primary N) is 1. The number of nitrogens with zero attached hydrogens (tertiary/aromatic N) is 1. The minimum Gasteiger partial charge on any atom is -0.378 e. The molecule has 0 spiro atoms. The molecule has 0 fully saturated rings. The first-order valence-corrected chi connectivity index (χ1v) is 5.27. The second kappa shape index (κ2) is 4.83. The minimum absolute atomic E-state index is 0.245. The minimum atomic E-state index is -0.430. The van der Waals surface area contributed by atoms with Crippen molar-refractivity contribution < 1.29 is 9.13 Å². The van der Waals surface area contributed by atoms with Crippen LogP contribution >= 0.6 is 11.6 Å². The van der Waals surface area contributed by atoms with Gasteiger partial charge < -0.3 is 10.2 Å². The molecule has 2 rings (SSSR count). The summed E-state index contributed by atoms with van der Waals surface area (Å²) in [7, 11) is 1.56. The van der Waals surface area contributed by atoms with Crippen LogP contribution in [0.4, 0.5) is 10.1 Å². The maximum atomic E-state index is 13.3. The molecule has 0 saturated heterocycles. The Hall–Kier alpha value is -1.43. The van der Waals surface area contributed by atoms with Crippen LogP contribution in [0.15, 0.2) is 18.2 Å². The number of rotatable bonds is 3. The third-order valence-electron chi connectivity index (χ3n) is 2.33. The summed E-state index contributed by atoms with van der Waals surface area (Å²) in [6, 6.07) is 4.25. The van der Waals surface area contributed by atoms with E-state index in [1.54, 1.807) is 13.2 Å². The zero-order valence-corrected chi connectivity index (χ0v) is 9.88. The zero-order chi connectivity index (χ0) is 12.4. The highest BCUT2D eigenvalue weighted by molar-refractivity contribution is 6.35. The lowest BCUT2D eigenvalue weighted by atomic mass is 10.1. The first-order valence-electron chi connectivity index (χ1n) is 4.90. The fraction of sp³-hybridized carbons (Fsp3) is 0.182. The van der Waals surface area contributed by atoms with Crippen molar-refractivity contribution in [2.45, 2.75) is 6.61 Å². The number of pyridine rings is 1. The number of hydrazine groups is 1. The Morgan fingerprint density at radius 2 is 2.24 bits per heavy atom. The van der Waals surface area contributed by atoms with Crippen LogP contribution in [-0.2, 0) is 11.3 Å². The van der Waals surface area contributed by atoms with Crippen LogP contribution in [0.2, 0.25) is 5.02 Å². The van der Waals surface area contributed by atoms with E-state index in [2.05, 4.69) is 10.4 Å². The molecule has 0 unspecified atom stereocenters. The summed E-state index contributed by atoms with van der Waals surface area (Å²) in [5.41, 5.74) is 4.23. The number of halogens is 2. The van der Waals surface area contributed by atoms with Crippen LogP contribution in [-0.4, -0.2) is 12.1 Å². The van der Waals surface area contributed by atoms with E-state index in [0.29, 0.717) is 28.9 Å². The third-order valence-corrected chi connectivity index (χ3v) is 2.62. The quantitative estimate of drug-likeness (QED) is 0.653. The van der Waals surface area contributed by atoms with Gasteiger partial charge in [0.25, 0.3) is 0 Å². The maximum Gasteiger partial charge on any atom is 0.125 e. The average molecular weight is 256 g/mol. The van der Waals surface area contributed by atoms with Crippen LogP contribution in [0.25, 0.3) is 10.9 Å². The van der Waals surface area contributed by atoms with Crippen LogP contribution < -0.4 is 11.3 Å². The van der Waals surface area contributed by atoms with Crippen LogP contribution in [0.3, 0.4) is 0 Å². The third kappa shape index (κ3) is 2.31. The van der Waals surface area contributed by atoms with Crippen molar-refractivity contribution >= 4 is 28.2 Å². The number of methoxy groups -OCH3 is 1. The van der Waals surface area contributed by atoms with Gasteiger partial charge in [-0.05, 0) is 18.2 Å². The topological polar surface area (TPSA) is 60.2 Å². The number of hydrogen-bond donors (Lipinski definition) is 2. The van der Waals surface area contributed by atoms with E-state index in [-0.39, 0.29) is 5.02 Å². The van der Waals surface area contributed by atoms with E-state index >= 15 is 0 Å². The Kier molecular flexibility index (Phi) is 3.42. The van der Waals surface area contributed by atoms with Crippen LogP contribution in [0, 0.1) is 5.82 Å². The van der Waals surface area contributed by atoms with E-state index in [4.69, 9.17) is 22.2 Å². The van der Waals surface area contributed by atoms with Gasteiger partial charge in [0, 0.05) is 12.5 Å². The van der Waals surface area contributed by atoms with E-state index in [1.165, 1.54) is 12.1 Å². The predicted molar refractivity (Wildman–Crippen MR) is 65.2 cm³/mol. The largest absolute Gasteiger partial charge is 0.378 e. The highest BCUT2D eigenvalue weighted by atomic mass is 35.5. The number of hydrogen-bond acceptors (Lipinski definition) is 4. The first kappa shape index (κ1) is 12.0. The second-order valence-electron chi connectivity index (χ2n) is 3.52. The summed E-state index contributed by atoms with van der Waals surface area (Å²) in [4.78, 5) is 4.30. The van der Waals surface area contributed by atoms with Crippen molar-refractivity contribution in [3.8, 4) is 0 Å². The normalized spacial score (nSPS) is 10.8. The lowest BCUT2D eigenvalue weighted by molar-refractivity contribution is 0.182. The highest BCUT2D eigenvalue weighted by Crippen LogP contribution is 2.29. The first-order chi connectivity index (χ1) is 8.15. The summed E-state index contributed by atoms with van der Waals surface area (Å²) >= 11 is 5.95. The molecule has 4 nitrogen and oxygen atoms in total. The molecule has 0 aliphatic carbocycles. The van der Waals surface area contributed by atoms with Crippen molar-refractivity contribution in [2.24, 2.45) is 5.84 Å². The SMILES string of the molecule is COCc1cc(NN)c2cc(F)cc(Cl)c2n1. The van der Waals surface area contributed by atoms with Crippen molar-refractivity contribution in [3.05, 3.63) is 34.7 Å². The Labute approximate surface area is 103 Å². The van der Waals surface area contributed by atoms with Gasteiger partial charge in [0.05, 0.1) is 28.5 Å². The van der Waals surface area contributed by atoms with E-state index in [9.17, 15) is 4.39 Å². The summed E-state index contributed by atoms with van der Waals surface area (Å²) < 4.78 is 18.2. The fourth-order valence-electron chi connectivity index (χ4n) is 1.65. The van der Waals surface area contributed by atoms with Gasteiger partial charge >= 0.3 is 0 Å². The molecule has 1 aromatic heterocycles. The van der Waals surface area contributed by atoms with Gasteiger partial charge in [-0.3, -0.25) is 5.84 Å². The molecule has 0 aliphatic rings. The molecule has 0 atom stereocenters. The van der Waals surface area contributed by atoms with Gasteiger partial charge in [-0.2, -0.15) is 0 Å². The molecule has 3 N–H and O–H groups in total. The Morgan fingerprint density at radius 3 is 2.88 bits per heavy atom. The van der Waals surface area contributed by atoms with E-state index in [0.717, 1.165) is 0 Å². The predicted octanol–water partition coefficient (Wildman–Crippen LogP) is 2.46. The van der Waals surface area contributed by atoms with E-state index < -0.39 is 5.82 Å². The number of ether oxygens (including phenoxy) is 1. The molecule has 17 heavy (non-hydrogen) atoms. The molecular formula is C11H11ClFN3O. The molecule has 0 amide bonds. The van der Waals surface area contributed by atoms with Gasteiger partial charge in [0.2, 0.25) is 0 Å². The molecule has 1 heterocycles. The Balaban J connectivity index is 2.73. The molecule has 1 aromatic carbocycles. The second-order valence-corrected chi connectivity index (χ2v) is 3.93. The number of benzene rings is 1. The smallest absolute Gasteiger partial charge is 0.125 e. The van der Waals surface area contributed by atoms with E-state index in [1.807, 2.05) is 0 Å². The van der Waals surface area contributed by atoms with Crippen LogP contribution in [0.1, 0.15) is 5.69 Å². The van der Waals surface area contributed by atoms with Crippen molar-refractivity contribution in [1.82, 2.24) is 4.98 Å². The van der Waals surface area contributed by atoms with Gasteiger partial charge in [-0.1, -0.05) is 11.6 Å². The number of aromatic nitrogens is 1. The van der Waals surface area contributed by atoms with Crippen molar-refractivity contribution in [2.75, 3.05) is 12.5 Å². The van der Waals surface area contributed by atoms with Crippen molar-refractivity contribution in [3.63, 3.8) is 0 Å². The molecule has 0 radical (unpaired) electrons. The lowest BCUT2D eigenvalue weighted by Gasteiger charge is -2.09. The monoisotopic (exact) mass is 255 g/mol. The molecule has 0 bridgehead atoms. The molecule has 90 valence electrons. The number of nitrogen functional groups attached to an aromatic ring is 1. The number of anilines is 1. The maximum absolute atomic E-state index is 13.3. The zero-order valence-electron chi connectivity index (χ0n) is 9.13. The fourth-order valence-corrected chi connectivity index (χ4v) is 1.89. The standard InChI is InChI=1S/C11H11ClFN3O/c1-17-5-7-4-10(16-14)8-2-6(13)3-9(12)11(8)15-7/h2-4H,5,14H2,1H3,(H,15,16). The van der Waals surface area contributed by atoms with Crippen LogP contribution in [0.5, 0.6) is 0 Å². The average Bonchev–Trinajstić information content (AvgIpc) is 2.29. The lowest BCUT2D eigenvalue weighted by Crippen LogP contribution is -2.09. The summed E-state index contributed by atoms with van der Waals surface area (Å²) in [5, 5.41) is 0.784. The van der Waals surface area contributed by atoms with Gasteiger partial charge in [0.1, 0.15) is 5.82 Å². The summed E-state index contributed by atoms with van der Waals surface area (Å²) in [5.74, 6) is 4.97. The highest BCUT2D eigenvalue weighted by Gasteiger charge is 2.10. The van der Waals surface area contributed by atoms with Gasteiger partial charge in [0.15, 0.2) is 0 Å². The molecule has 2 aromatic rings. The van der Waals surface area contributed by atoms with Crippen molar-refractivity contribution in [1.29, 1.82) is 0 Å². The Morgan fingerprint density at radius 1 is 1.47 bits per heavy atom. The molecule has 0 saturated carbocycles. The Bertz CT molecular complexity index is 562. The summed E-state index contributed by atoms with van der Waals surface area (Å²) in [6.07, 6.45) is 0. The van der Waals surface area contributed by atoms with Gasteiger partial charge in [-0.25, -0.2) is 9.37 Å². The van der Waals surface area contributed by atoms with Gasteiger partial charge in [-0.15, -0.1) is 0 Å². The molecule has 0 aliphatic heterocycles. The number of fused-ring (bicyclic) bond motifs is 1. The molecular weight excluding hydrogens is 245 g/mol.